The predicted octanol–water partition coefficient (Wildman–Crippen LogP) is 3.03. The molecule has 1 atom stereocenters. The number of rotatable bonds is 6. The van der Waals surface area contributed by atoms with Crippen LogP contribution in [0, 0.1) is 12.8 Å². The molecule has 0 saturated carbocycles. The van der Waals surface area contributed by atoms with Crippen molar-refractivity contribution in [2.45, 2.75) is 33.4 Å². The van der Waals surface area contributed by atoms with Crippen LogP contribution in [0.1, 0.15) is 30.1 Å². The highest BCUT2D eigenvalue weighted by molar-refractivity contribution is 7.09. The molecule has 6 nitrogen and oxygen atoms in total. The Morgan fingerprint density at radius 2 is 2.14 bits per heavy atom. The lowest BCUT2D eigenvalue weighted by Crippen LogP contribution is -2.58. The molecular weight excluding hydrogens is 374 g/mol. The van der Waals surface area contributed by atoms with E-state index in [1.807, 2.05) is 50.4 Å². The maximum absolute atomic E-state index is 12.6. The zero-order valence-corrected chi connectivity index (χ0v) is 17.2. The van der Waals surface area contributed by atoms with Crippen LogP contribution in [-0.2, 0) is 16.2 Å². The monoisotopic (exact) mass is 399 g/mol. The summed E-state index contributed by atoms with van der Waals surface area (Å²) in [7, 11) is 0. The van der Waals surface area contributed by atoms with Crippen LogP contribution in [0.3, 0.4) is 0 Å². The van der Waals surface area contributed by atoms with Crippen molar-refractivity contribution >= 4 is 29.2 Å². The van der Waals surface area contributed by atoms with Crippen molar-refractivity contribution in [1.29, 1.82) is 0 Å². The van der Waals surface area contributed by atoms with Gasteiger partial charge in [-0.2, -0.15) is 0 Å². The Morgan fingerprint density at radius 1 is 1.39 bits per heavy atom. The molecule has 1 fully saturated rings. The van der Waals surface area contributed by atoms with E-state index < -0.39 is 6.04 Å². The van der Waals surface area contributed by atoms with Gasteiger partial charge in [-0.3, -0.25) is 9.59 Å². The first-order valence-corrected chi connectivity index (χ1v) is 10.2. The molecule has 2 heterocycles. The van der Waals surface area contributed by atoms with E-state index in [1.54, 1.807) is 22.3 Å². The van der Waals surface area contributed by atoms with Crippen molar-refractivity contribution < 1.29 is 14.3 Å². The SMILES string of the molecule is Cc1nc(COc2ccc(/C=C/C(=O)N3CCNC(=O)C3C(C)C)cc2)cs1. The molecule has 1 aliphatic rings. The second kappa shape index (κ2) is 9.01. The number of aromatic nitrogens is 1. The Morgan fingerprint density at radius 3 is 2.79 bits per heavy atom. The summed E-state index contributed by atoms with van der Waals surface area (Å²) < 4.78 is 5.73. The van der Waals surface area contributed by atoms with Crippen LogP contribution in [0.5, 0.6) is 5.75 Å². The van der Waals surface area contributed by atoms with Gasteiger partial charge >= 0.3 is 0 Å². The van der Waals surface area contributed by atoms with Crippen molar-refractivity contribution in [3.8, 4) is 5.75 Å². The Balaban J connectivity index is 1.58. The van der Waals surface area contributed by atoms with Gasteiger partial charge in [0.05, 0.1) is 10.7 Å². The number of hydrogen-bond donors (Lipinski definition) is 1. The van der Waals surface area contributed by atoms with E-state index in [1.165, 1.54) is 6.08 Å². The summed E-state index contributed by atoms with van der Waals surface area (Å²) in [5, 5.41) is 5.84. The number of piperazine rings is 1. The molecule has 28 heavy (non-hydrogen) atoms. The largest absolute Gasteiger partial charge is 0.487 e. The molecule has 2 aromatic rings. The molecule has 0 spiro atoms. The van der Waals surface area contributed by atoms with Crippen LogP contribution < -0.4 is 10.1 Å². The molecule has 2 amide bonds. The maximum Gasteiger partial charge on any atom is 0.247 e. The molecule has 7 heteroatoms. The molecule has 1 aromatic carbocycles. The lowest BCUT2D eigenvalue weighted by atomic mass is 9.99. The Hall–Kier alpha value is -2.67. The first-order chi connectivity index (χ1) is 13.4. The second-order valence-corrected chi connectivity index (χ2v) is 8.12. The molecule has 3 rings (SSSR count). The lowest BCUT2D eigenvalue weighted by molar-refractivity contribution is -0.141. The van der Waals surface area contributed by atoms with Gasteiger partial charge in [0.1, 0.15) is 18.4 Å². The molecule has 1 saturated heterocycles. The van der Waals surface area contributed by atoms with Crippen LogP contribution in [0.15, 0.2) is 35.7 Å². The summed E-state index contributed by atoms with van der Waals surface area (Å²) in [6.07, 6.45) is 3.29. The number of nitrogens with zero attached hydrogens (tertiary/aromatic N) is 2. The number of ether oxygens (including phenoxy) is 1. The van der Waals surface area contributed by atoms with Gasteiger partial charge in [0.2, 0.25) is 11.8 Å². The minimum atomic E-state index is -0.420. The van der Waals surface area contributed by atoms with Crippen LogP contribution in [0.25, 0.3) is 6.08 Å². The van der Waals surface area contributed by atoms with E-state index in [-0.39, 0.29) is 17.7 Å². The molecule has 0 bridgehead atoms. The van der Waals surface area contributed by atoms with Crippen molar-refractivity contribution in [1.82, 2.24) is 15.2 Å². The highest BCUT2D eigenvalue weighted by atomic mass is 32.1. The van der Waals surface area contributed by atoms with Gasteiger partial charge in [0.25, 0.3) is 0 Å². The van der Waals surface area contributed by atoms with E-state index in [9.17, 15) is 9.59 Å². The predicted molar refractivity (Wildman–Crippen MR) is 110 cm³/mol. The van der Waals surface area contributed by atoms with E-state index >= 15 is 0 Å². The third-order valence-corrected chi connectivity index (χ3v) is 5.34. The number of amides is 2. The van der Waals surface area contributed by atoms with Crippen LogP contribution in [0.4, 0.5) is 0 Å². The summed E-state index contributed by atoms with van der Waals surface area (Å²) in [6, 6.07) is 7.11. The average molecular weight is 400 g/mol. The van der Waals surface area contributed by atoms with Gasteiger partial charge in [-0.05, 0) is 36.6 Å². The number of thiazole rings is 1. The fraction of sp³-hybridized carbons (Fsp3) is 0.381. The third kappa shape index (κ3) is 4.98. The Labute approximate surface area is 169 Å². The van der Waals surface area contributed by atoms with E-state index in [0.29, 0.717) is 19.7 Å². The van der Waals surface area contributed by atoms with Crippen LogP contribution >= 0.6 is 11.3 Å². The molecule has 1 N–H and O–H groups in total. The first-order valence-electron chi connectivity index (χ1n) is 9.34. The number of nitrogens with one attached hydrogen (secondary N) is 1. The van der Waals surface area contributed by atoms with Crippen molar-refractivity contribution in [3.05, 3.63) is 52.0 Å². The van der Waals surface area contributed by atoms with Crippen molar-refractivity contribution in [2.24, 2.45) is 5.92 Å². The highest BCUT2D eigenvalue weighted by Gasteiger charge is 2.34. The summed E-state index contributed by atoms with van der Waals surface area (Å²) >= 11 is 1.60. The summed E-state index contributed by atoms with van der Waals surface area (Å²) in [5.41, 5.74) is 1.81. The molecule has 0 aliphatic carbocycles. The normalized spacial score (nSPS) is 17.2. The summed E-state index contributed by atoms with van der Waals surface area (Å²) in [5.74, 6) is 0.588. The summed E-state index contributed by atoms with van der Waals surface area (Å²) in [4.78, 5) is 30.7. The fourth-order valence-corrected chi connectivity index (χ4v) is 3.76. The quantitative estimate of drug-likeness (QED) is 0.758. The first kappa shape index (κ1) is 20.1. The van der Waals surface area contributed by atoms with Crippen LogP contribution in [-0.4, -0.2) is 40.8 Å². The Kier molecular flexibility index (Phi) is 6.46. The van der Waals surface area contributed by atoms with E-state index in [4.69, 9.17) is 4.74 Å². The van der Waals surface area contributed by atoms with E-state index in [2.05, 4.69) is 10.3 Å². The lowest BCUT2D eigenvalue weighted by Gasteiger charge is -2.36. The topological polar surface area (TPSA) is 71.5 Å². The van der Waals surface area contributed by atoms with Gasteiger partial charge in [-0.1, -0.05) is 26.0 Å². The molecule has 148 valence electrons. The number of carbonyl (C=O) groups excluding carboxylic acids is 2. The molecule has 1 aliphatic heterocycles. The maximum atomic E-state index is 12.6. The van der Waals surface area contributed by atoms with Gasteiger partial charge < -0.3 is 15.0 Å². The van der Waals surface area contributed by atoms with E-state index in [0.717, 1.165) is 22.0 Å². The van der Waals surface area contributed by atoms with Crippen LogP contribution in [0.2, 0.25) is 0 Å². The average Bonchev–Trinajstić information content (AvgIpc) is 3.10. The summed E-state index contributed by atoms with van der Waals surface area (Å²) in [6.45, 7) is 7.32. The number of benzene rings is 1. The van der Waals surface area contributed by atoms with Gasteiger partial charge in [0, 0.05) is 24.5 Å². The van der Waals surface area contributed by atoms with Gasteiger partial charge in [-0.15, -0.1) is 11.3 Å². The highest BCUT2D eigenvalue weighted by Crippen LogP contribution is 2.18. The minimum absolute atomic E-state index is 0.0654. The third-order valence-electron chi connectivity index (χ3n) is 4.52. The number of aryl methyl sites for hydroxylation is 1. The number of hydrogen-bond acceptors (Lipinski definition) is 5. The molecule has 1 unspecified atom stereocenters. The molecule has 1 aromatic heterocycles. The minimum Gasteiger partial charge on any atom is -0.487 e. The Bertz CT molecular complexity index is 858. The molecule has 0 radical (unpaired) electrons. The number of carbonyl (C=O) groups is 2. The molecular formula is C21H25N3O3S. The zero-order chi connectivity index (χ0) is 20.1. The van der Waals surface area contributed by atoms with Gasteiger partial charge in [-0.25, -0.2) is 4.98 Å². The smallest absolute Gasteiger partial charge is 0.247 e. The van der Waals surface area contributed by atoms with Gasteiger partial charge in [0.15, 0.2) is 0 Å². The van der Waals surface area contributed by atoms with Crippen molar-refractivity contribution in [3.63, 3.8) is 0 Å². The second-order valence-electron chi connectivity index (χ2n) is 7.06. The standard InChI is InChI=1S/C21H25N3O3S/c1-14(2)20-21(26)22-10-11-24(20)19(25)9-6-16-4-7-18(8-5-16)27-12-17-13-28-15(3)23-17/h4-9,13-14,20H,10-12H2,1-3H3,(H,22,26)/b9-6+. The fourth-order valence-electron chi connectivity index (χ4n) is 3.16. The van der Waals surface area contributed by atoms with Crippen molar-refractivity contribution in [2.75, 3.05) is 13.1 Å². The zero-order valence-electron chi connectivity index (χ0n) is 16.3.